The van der Waals surface area contributed by atoms with Gasteiger partial charge in [-0.15, -0.1) is 5.10 Å². The number of hydrogen-bond donors (Lipinski definition) is 0. The van der Waals surface area contributed by atoms with Crippen molar-refractivity contribution in [1.82, 2.24) is 4.90 Å². The van der Waals surface area contributed by atoms with Crippen molar-refractivity contribution in [3.8, 4) is 11.5 Å². The first-order chi connectivity index (χ1) is 13.5. The molecule has 3 rings (SSSR count). The molecule has 0 saturated carbocycles. The van der Waals surface area contributed by atoms with Gasteiger partial charge in [0.25, 0.3) is 0 Å². The fraction of sp³-hybridized carbons (Fsp3) is 0.250. The van der Waals surface area contributed by atoms with E-state index in [9.17, 15) is 9.18 Å². The zero-order chi connectivity index (χ0) is 20.1. The quantitative estimate of drug-likeness (QED) is 0.547. The second-order valence-corrected chi connectivity index (χ2v) is 7.35. The van der Waals surface area contributed by atoms with Crippen molar-refractivity contribution in [3.05, 3.63) is 59.4 Å². The largest absolute Gasteiger partial charge is 0.497 e. The van der Waals surface area contributed by atoms with Crippen LogP contribution in [0.2, 0.25) is 0 Å². The number of nitrogens with zero attached hydrogens (tertiary/aromatic N) is 3. The molecule has 1 fully saturated rings. The molecule has 1 atom stereocenters. The molecule has 28 heavy (non-hydrogen) atoms. The zero-order valence-corrected chi connectivity index (χ0v) is 16.6. The molecule has 0 N–H and O–H groups in total. The van der Waals surface area contributed by atoms with Gasteiger partial charge in [0.1, 0.15) is 17.3 Å². The number of ether oxygens (including phenoxy) is 2. The number of halogens is 1. The molecule has 0 bridgehead atoms. The minimum Gasteiger partial charge on any atom is -0.497 e. The molecule has 6 nitrogen and oxygen atoms in total. The van der Waals surface area contributed by atoms with E-state index in [0.29, 0.717) is 23.2 Å². The van der Waals surface area contributed by atoms with Crippen LogP contribution in [0.3, 0.4) is 0 Å². The summed E-state index contributed by atoms with van der Waals surface area (Å²) in [6.45, 7) is 2.14. The number of carbonyl (C=O) groups is 1. The van der Waals surface area contributed by atoms with Crippen LogP contribution in [-0.2, 0) is 11.3 Å². The summed E-state index contributed by atoms with van der Waals surface area (Å²) in [5.41, 5.74) is 1.55. The molecule has 2 aromatic carbocycles. The Hall–Kier alpha value is -2.87. The highest BCUT2D eigenvalue weighted by Crippen LogP contribution is 2.29. The minimum absolute atomic E-state index is 0.0506. The Morgan fingerprint density at radius 3 is 2.61 bits per heavy atom. The molecule has 0 radical (unpaired) electrons. The lowest BCUT2D eigenvalue weighted by Gasteiger charge is -2.15. The van der Waals surface area contributed by atoms with Gasteiger partial charge in [-0.2, -0.15) is 5.10 Å². The third kappa shape index (κ3) is 4.51. The third-order valence-electron chi connectivity index (χ3n) is 4.16. The first kappa shape index (κ1) is 19.9. The summed E-state index contributed by atoms with van der Waals surface area (Å²) < 4.78 is 23.6. The number of amides is 1. The van der Waals surface area contributed by atoms with Crippen LogP contribution in [0.1, 0.15) is 18.1 Å². The van der Waals surface area contributed by atoms with Gasteiger partial charge >= 0.3 is 0 Å². The Morgan fingerprint density at radius 2 is 1.93 bits per heavy atom. The summed E-state index contributed by atoms with van der Waals surface area (Å²) >= 11 is 1.34. The van der Waals surface area contributed by atoms with Crippen molar-refractivity contribution in [2.45, 2.75) is 18.7 Å². The van der Waals surface area contributed by atoms with Crippen molar-refractivity contribution >= 4 is 29.1 Å². The second-order valence-electron chi connectivity index (χ2n) is 6.05. The van der Waals surface area contributed by atoms with Gasteiger partial charge < -0.3 is 9.47 Å². The highest BCUT2D eigenvalue weighted by Gasteiger charge is 2.35. The summed E-state index contributed by atoms with van der Waals surface area (Å²) in [4.78, 5) is 14.0. The monoisotopic (exact) mass is 401 g/mol. The van der Waals surface area contributed by atoms with E-state index in [2.05, 4.69) is 10.2 Å². The lowest BCUT2D eigenvalue weighted by molar-refractivity contribution is -0.126. The van der Waals surface area contributed by atoms with Crippen molar-refractivity contribution in [2.24, 2.45) is 10.2 Å². The van der Waals surface area contributed by atoms with Crippen LogP contribution >= 0.6 is 11.8 Å². The maximum atomic E-state index is 13.1. The molecule has 146 valence electrons. The molecule has 0 aromatic heterocycles. The molecule has 0 spiro atoms. The summed E-state index contributed by atoms with van der Waals surface area (Å²) in [5.74, 6) is 0.919. The van der Waals surface area contributed by atoms with Crippen molar-refractivity contribution in [1.29, 1.82) is 0 Å². The minimum atomic E-state index is -0.314. The van der Waals surface area contributed by atoms with E-state index in [1.54, 1.807) is 49.6 Å². The molecule has 1 aliphatic rings. The third-order valence-corrected chi connectivity index (χ3v) is 5.23. The smallest absolute Gasteiger partial charge is 0.242 e. The van der Waals surface area contributed by atoms with Gasteiger partial charge in [-0.05, 0) is 36.8 Å². The van der Waals surface area contributed by atoms with E-state index >= 15 is 0 Å². The number of carbonyl (C=O) groups excluding carboxylic acids is 1. The average molecular weight is 401 g/mol. The highest BCUT2D eigenvalue weighted by molar-refractivity contribution is 8.15. The SMILES string of the molecule is COc1ccc(/C=N\N=C2\S[C@H](C)C(=O)N2Cc2ccc(F)cc2)c(OC)c1. The molecule has 0 aliphatic carbocycles. The lowest BCUT2D eigenvalue weighted by atomic mass is 10.2. The van der Waals surface area contributed by atoms with E-state index in [1.165, 1.54) is 23.9 Å². The molecule has 1 heterocycles. The van der Waals surface area contributed by atoms with E-state index in [4.69, 9.17) is 9.47 Å². The molecule has 2 aromatic rings. The fourth-order valence-corrected chi connectivity index (χ4v) is 3.57. The normalized spacial score (nSPS) is 18.3. The standard InChI is InChI=1S/C20H20FN3O3S/c1-13-19(25)24(12-14-4-7-16(21)8-5-14)20(28-13)23-22-11-15-6-9-17(26-2)10-18(15)27-3/h4-11,13H,12H2,1-3H3/b22-11-,23-20+/t13-/m1/s1. The Bertz CT molecular complexity index is 915. The zero-order valence-electron chi connectivity index (χ0n) is 15.8. The van der Waals surface area contributed by atoms with Crippen LogP contribution in [0.4, 0.5) is 4.39 Å². The number of rotatable bonds is 6. The van der Waals surface area contributed by atoms with Crippen LogP contribution in [0.25, 0.3) is 0 Å². The van der Waals surface area contributed by atoms with Gasteiger partial charge in [-0.25, -0.2) is 4.39 Å². The van der Waals surface area contributed by atoms with Crippen LogP contribution in [0.5, 0.6) is 11.5 Å². The number of methoxy groups -OCH3 is 2. The van der Waals surface area contributed by atoms with Crippen molar-refractivity contribution in [3.63, 3.8) is 0 Å². The Labute approximate surface area is 167 Å². The van der Waals surface area contributed by atoms with E-state index < -0.39 is 0 Å². The van der Waals surface area contributed by atoms with Crippen LogP contribution in [0.15, 0.2) is 52.7 Å². The van der Waals surface area contributed by atoms with Crippen LogP contribution in [-0.4, -0.2) is 41.7 Å². The Morgan fingerprint density at radius 1 is 1.18 bits per heavy atom. The van der Waals surface area contributed by atoms with Crippen molar-refractivity contribution < 1.29 is 18.7 Å². The summed E-state index contributed by atoms with van der Waals surface area (Å²) in [5, 5.41) is 8.62. The van der Waals surface area contributed by atoms with Crippen molar-refractivity contribution in [2.75, 3.05) is 14.2 Å². The molecule has 1 aliphatic heterocycles. The number of hydrogen-bond acceptors (Lipinski definition) is 6. The van der Waals surface area contributed by atoms with Gasteiger partial charge in [0.05, 0.1) is 32.2 Å². The fourth-order valence-electron chi connectivity index (χ4n) is 2.65. The molecule has 8 heteroatoms. The first-order valence-corrected chi connectivity index (χ1v) is 9.45. The molecular weight excluding hydrogens is 381 g/mol. The van der Waals surface area contributed by atoms with E-state index in [-0.39, 0.29) is 17.0 Å². The highest BCUT2D eigenvalue weighted by atomic mass is 32.2. The molecule has 1 saturated heterocycles. The summed E-state index contributed by atoms with van der Waals surface area (Å²) in [7, 11) is 3.15. The average Bonchev–Trinajstić information content (AvgIpc) is 2.97. The maximum absolute atomic E-state index is 13.1. The molecule has 1 amide bonds. The van der Waals surface area contributed by atoms with E-state index in [1.807, 2.05) is 13.0 Å². The van der Waals surface area contributed by atoms with E-state index in [0.717, 1.165) is 11.1 Å². The van der Waals surface area contributed by atoms with Gasteiger partial charge in [0.2, 0.25) is 5.91 Å². The summed E-state index contributed by atoms with van der Waals surface area (Å²) in [6.07, 6.45) is 1.56. The van der Waals surface area contributed by atoms with Crippen LogP contribution in [0, 0.1) is 5.82 Å². The Balaban J connectivity index is 1.80. The summed E-state index contributed by atoms with van der Waals surface area (Å²) in [6, 6.07) is 11.4. The first-order valence-electron chi connectivity index (χ1n) is 8.57. The number of amidine groups is 1. The topological polar surface area (TPSA) is 63.5 Å². The maximum Gasteiger partial charge on any atom is 0.242 e. The van der Waals surface area contributed by atoms with Crippen LogP contribution < -0.4 is 9.47 Å². The molecular formula is C20H20FN3O3S. The van der Waals surface area contributed by atoms with Gasteiger partial charge in [0.15, 0.2) is 5.17 Å². The Kier molecular flexibility index (Phi) is 6.30. The molecule has 0 unspecified atom stereocenters. The number of thioether (sulfide) groups is 1. The predicted octanol–water partition coefficient (Wildman–Crippen LogP) is 3.70. The lowest BCUT2D eigenvalue weighted by Crippen LogP contribution is -2.30. The second kappa shape index (κ2) is 8.88. The van der Waals surface area contributed by atoms with Gasteiger partial charge in [-0.3, -0.25) is 9.69 Å². The predicted molar refractivity (Wildman–Crippen MR) is 109 cm³/mol. The number of benzene rings is 2. The van der Waals surface area contributed by atoms with Gasteiger partial charge in [0, 0.05) is 11.6 Å². The van der Waals surface area contributed by atoms with Gasteiger partial charge in [-0.1, -0.05) is 23.9 Å².